The first-order valence-electron chi connectivity index (χ1n) is 5.20. The number of hydrogen-bond donors (Lipinski definition) is 2. The van der Waals surface area contributed by atoms with Crippen LogP contribution in [0.3, 0.4) is 0 Å². The maximum atomic E-state index is 10.7. The second kappa shape index (κ2) is 5.97. The summed E-state index contributed by atoms with van der Waals surface area (Å²) in [6.45, 7) is 1.81. The molecule has 0 aliphatic heterocycles. The minimum atomic E-state index is -1.09. The number of carboxylic acid groups (broad SMARTS) is 1. The molecule has 18 heavy (non-hydrogen) atoms. The second-order valence-electron chi connectivity index (χ2n) is 3.70. The molecule has 0 fully saturated rings. The minimum absolute atomic E-state index is 0.0356. The highest BCUT2D eigenvalue weighted by atomic mass is 16.6. The lowest BCUT2D eigenvalue weighted by Crippen LogP contribution is -2.30. The Morgan fingerprint density at radius 1 is 1.61 bits per heavy atom. The Kier molecular flexibility index (Phi) is 4.61. The monoisotopic (exact) mass is 254 g/mol. The summed E-state index contributed by atoms with van der Waals surface area (Å²) in [7, 11) is 1.29. The van der Waals surface area contributed by atoms with Crippen molar-refractivity contribution in [3.05, 3.63) is 33.9 Å². The van der Waals surface area contributed by atoms with E-state index in [4.69, 9.17) is 9.84 Å². The fraction of sp³-hybridized carbons (Fsp3) is 0.364. The molecule has 0 heterocycles. The number of carboxylic acids is 1. The van der Waals surface area contributed by atoms with E-state index in [0.717, 1.165) is 5.56 Å². The number of aliphatic carboxylic acids is 1. The molecule has 1 aromatic rings. The van der Waals surface area contributed by atoms with Crippen molar-refractivity contribution < 1.29 is 19.6 Å². The van der Waals surface area contributed by atoms with Crippen molar-refractivity contribution in [1.29, 1.82) is 0 Å². The van der Waals surface area contributed by atoms with E-state index in [1.165, 1.54) is 19.2 Å². The number of nitrogens with zero attached hydrogens (tertiary/aromatic N) is 1. The molecule has 1 rings (SSSR count). The SMILES string of the molecule is COC(CNc1cc([N+](=O)[O-])ccc1C)C(=O)O. The fourth-order valence-electron chi connectivity index (χ4n) is 1.39. The van der Waals surface area contributed by atoms with E-state index in [-0.39, 0.29) is 12.2 Å². The maximum absolute atomic E-state index is 10.7. The summed E-state index contributed by atoms with van der Waals surface area (Å²) in [4.78, 5) is 20.9. The lowest BCUT2D eigenvalue weighted by Gasteiger charge is -2.13. The van der Waals surface area contributed by atoms with Crippen molar-refractivity contribution in [1.82, 2.24) is 0 Å². The van der Waals surface area contributed by atoms with Crippen LogP contribution in [-0.2, 0) is 9.53 Å². The van der Waals surface area contributed by atoms with Gasteiger partial charge >= 0.3 is 5.97 Å². The highest BCUT2D eigenvalue weighted by molar-refractivity contribution is 5.73. The van der Waals surface area contributed by atoms with E-state index in [1.54, 1.807) is 13.0 Å². The first kappa shape index (κ1) is 13.9. The van der Waals surface area contributed by atoms with Gasteiger partial charge in [0.15, 0.2) is 6.10 Å². The van der Waals surface area contributed by atoms with Gasteiger partial charge in [-0.05, 0) is 12.5 Å². The molecule has 0 spiro atoms. The number of nitro groups is 1. The van der Waals surface area contributed by atoms with Gasteiger partial charge in [0.25, 0.3) is 5.69 Å². The van der Waals surface area contributed by atoms with Crippen LogP contribution in [0.1, 0.15) is 5.56 Å². The molecule has 0 saturated heterocycles. The molecule has 0 radical (unpaired) electrons. The number of aryl methyl sites for hydroxylation is 1. The molecule has 0 saturated carbocycles. The molecular formula is C11H14N2O5. The van der Waals surface area contributed by atoms with Crippen LogP contribution in [0.15, 0.2) is 18.2 Å². The van der Waals surface area contributed by atoms with Gasteiger partial charge in [-0.1, -0.05) is 6.07 Å². The minimum Gasteiger partial charge on any atom is -0.479 e. The van der Waals surface area contributed by atoms with Crippen LogP contribution in [0.25, 0.3) is 0 Å². The Morgan fingerprint density at radius 2 is 2.28 bits per heavy atom. The number of non-ortho nitro benzene ring substituents is 1. The Bertz CT molecular complexity index is 461. The molecule has 0 bridgehead atoms. The van der Waals surface area contributed by atoms with Gasteiger partial charge in [-0.2, -0.15) is 0 Å². The van der Waals surface area contributed by atoms with Gasteiger partial charge in [0.05, 0.1) is 11.5 Å². The van der Waals surface area contributed by atoms with E-state index in [0.29, 0.717) is 5.69 Å². The van der Waals surface area contributed by atoms with Gasteiger partial charge in [0.1, 0.15) is 0 Å². The van der Waals surface area contributed by atoms with E-state index < -0.39 is 17.0 Å². The first-order chi connectivity index (χ1) is 8.45. The second-order valence-corrected chi connectivity index (χ2v) is 3.70. The number of anilines is 1. The maximum Gasteiger partial charge on any atom is 0.334 e. The molecule has 1 unspecified atom stereocenters. The topological polar surface area (TPSA) is 102 Å². The van der Waals surface area contributed by atoms with Crippen molar-refractivity contribution in [2.75, 3.05) is 19.0 Å². The zero-order valence-electron chi connectivity index (χ0n) is 10.0. The quantitative estimate of drug-likeness (QED) is 0.588. The molecule has 1 aromatic carbocycles. The summed E-state index contributed by atoms with van der Waals surface area (Å²) in [6.07, 6.45) is -0.997. The third kappa shape index (κ3) is 3.42. The largest absolute Gasteiger partial charge is 0.479 e. The fourth-order valence-corrected chi connectivity index (χ4v) is 1.39. The van der Waals surface area contributed by atoms with Gasteiger partial charge in [0.2, 0.25) is 0 Å². The number of methoxy groups -OCH3 is 1. The van der Waals surface area contributed by atoms with E-state index >= 15 is 0 Å². The Hall–Kier alpha value is -2.15. The summed E-state index contributed by atoms with van der Waals surface area (Å²) < 4.78 is 4.76. The van der Waals surface area contributed by atoms with Crippen LogP contribution in [0.4, 0.5) is 11.4 Å². The Balaban J connectivity index is 2.80. The predicted molar refractivity (Wildman–Crippen MR) is 64.8 cm³/mol. The third-order valence-corrected chi connectivity index (χ3v) is 2.47. The standard InChI is InChI=1S/C11H14N2O5/c1-7-3-4-8(13(16)17)5-9(7)12-6-10(18-2)11(14)15/h3-5,10,12H,6H2,1-2H3,(H,14,15). The number of ether oxygens (including phenoxy) is 1. The summed E-state index contributed by atoms with van der Waals surface area (Å²) in [5, 5.41) is 22.2. The van der Waals surface area contributed by atoms with Crippen LogP contribution in [-0.4, -0.2) is 35.8 Å². The molecule has 0 aromatic heterocycles. The van der Waals surface area contributed by atoms with Crippen LogP contribution < -0.4 is 5.32 Å². The molecule has 7 nitrogen and oxygen atoms in total. The number of hydrogen-bond acceptors (Lipinski definition) is 5. The summed E-state index contributed by atoms with van der Waals surface area (Å²) in [5.74, 6) is -1.09. The molecule has 98 valence electrons. The number of rotatable bonds is 6. The zero-order chi connectivity index (χ0) is 13.7. The van der Waals surface area contributed by atoms with Crippen molar-refractivity contribution in [3.8, 4) is 0 Å². The van der Waals surface area contributed by atoms with E-state index in [9.17, 15) is 14.9 Å². The van der Waals surface area contributed by atoms with Crippen molar-refractivity contribution >= 4 is 17.3 Å². The molecule has 1 atom stereocenters. The highest BCUT2D eigenvalue weighted by Crippen LogP contribution is 2.21. The van der Waals surface area contributed by atoms with Gasteiger partial charge in [-0.3, -0.25) is 10.1 Å². The van der Waals surface area contributed by atoms with E-state index in [2.05, 4.69) is 5.32 Å². The molecule has 0 aliphatic carbocycles. The summed E-state index contributed by atoms with van der Waals surface area (Å²) in [6, 6.07) is 4.36. The highest BCUT2D eigenvalue weighted by Gasteiger charge is 2.16. The average Bonchev–Trinajstić information content (AvgIpc) is 2.31. The molecular weight excluding hydrogens is 240 g/mol. The van der Waals surface area contributed by atoms with Crippen LogP contribution in [0.5, 0.6) is 0 Å². The van der Waals surface area contributed by atoms with Crippen LogP contribution in [0.2, 0.25) is 0 Å². The summed E-state index contributed by atoms with van der Waals surface area (Å²) >= 11 is 0. The van der Waals surface area contributed by atoms with Crippen LogP contribution in [0, 0.1) is 17.0 Å². The Morgan fingerprint density at radius 3 is 2.78 bits per heavy atom. The third-order valence-electron chi connectivity index (χ3n) is 2.47. The first-order valence-corrected chi connectivity index (χ1v) is 5.20. The predicted octanol–water partition coefficient (Wildman–Crippen LogP) is 1.41. The van der Waals surface area contributed by atoms with Gasteiger partial charge < -0.3 is 15.2 Å². The van der Waals surface area contributed by atoms with E-state index in [1.807, 2.05) is 0 Å². The lowest BCUT2D eigenvalue weighted by molar-refractivity contribution is -0.384. The number of benzene rings is 1. The average molecular weight is 254 g/mol. The number of nitrogens with one attached hydrogen (secondary N) is 1. The number of carbonyl (C=O) groups is 1. The van der Waals surface area contributed by atoms with Crippen molar-refractivity contribution in [3.63, 3.8) is 0 Å². The normalized spacial score (nSPS) is 11.9. The molecule has 2 N–H and O–H groups in total. The molecule has 0 amide bonds. The lowest BCUT2D eigenvalue weighted by atomic mass is 10.1. The van der Waals surface area contributed by atoms with Gasteiger partial charge in [0, 0.05) is 24.9 Å². The zero-order valence-corrected chi connectivity index (χ0v) is 10.0. The van der Waals surface area contributed by atoms with Gasteiger partial charge in [-0.25, -0.2) is 4.79 Å². The molecule has 0 aliphatic rings. The smallest absolute Gasteiger partial charge is 0.334 e. The number of nitro benzene ring substituents is 1. The van der Waals surface area contributed by atoms with Crippen LogP contribution >= 0.6 is 0 Å². The van der Waals surface area contributed by atoms with Crippen molar-refractivity contribution in [2.24, 2.45) is 0 Å². The molecule has 7 heteroatoms. The van der Waals surface area contributed by atoms with Crippen molar-refractivity contribution in [2.45, 2.75) is 13.0 Å². The van der Waals surface area contributed by atoms with Gasteiger partial charge in [-0.15, -0.1) is 0 Å². The Labute approximate surface area is 104 Å². The summed E-state index contributed by atoms with van der Waals surface area (Å²) in [5.41, 5.74) is 1.26.